The monoisotopic (exact) mass is 339 g/mol. The maximum atomic E-state index is 12.4. The fourth-order valence-corrected chi connectivity index (χ4v) is 4.25. The number of aromatic nitrogens is 2. The zero-order chi connectivity index (χ0) is 16.7. The highest BCUT2D eigenvalue weighted by Gasteiger charge is 2.20. The van der Waals surface area contributed by atoms with Crippen LogP contribution in [0.2, 0.25) is 0 Å². The largest absolute Gasteiger partial charge is 0.306 e. The molecule has 0 spiro atoms. The van der Waals surface area contributed by atoms with E-state index in [1.807, 2.05) is 0 Å². The van der Waals surface area contributed by atoms with Crippen LogP contribution in [0, 0.1) is 10.1 Å². The number of aromatic amines is 1. The minimum Gasteiger partial charge on any atom is -0.306 e. The summed E-state index contributed by atoms with van der Waals surface area (Å²) in [6.07, 6.45) is 6.59. The van der Waals surface area contributed by atoms with Crippen molar-refractivity contribution in [2.24, 2.45) is 0 Å². The summed E-state index contributed by atoms with van der Waals surface area (Å²) in [6, 6.07) is 6.21. The standard InChI is InChI=1S/C17H13N3O3S/c21-16-15-12-2-1-3-13(12)24-17(15)19-14(18-16)9-6-10-4-7-11(8-5-10)20(22)23/h4-9H,1-3H2,(H,18,19,21). The number of fused-ring (bicyclic) bond motifs is 3. The Labute approximate surface area is 140 Å². The number of aryl methyl sites for hydroxylation is 2. The minimum atomic E-state index is -0.434. The zero-order valence-corrected chi connectivity index (χ0v) is 13.4. The van der Waals surface area contributed by atoms with Crippen LogP contribution < -0.4 is 5.56 Å². The lowest BCUT2D eigenvalue weighted by molar-refractivity contribution is -0.384. The van der Waals surface area contributed by atoms with E-state index in [1.165, 1.54) is 17.0 Å². The van der Waals surface area contributed by atoms with Crippen LogP contribution in [-0.2, 0) is 12.8 Å². The number of hydrogen-bond acceptors (Lipinski definition) is 5. The SMILES string of the molecule is O=c1[nH]c(C=Cc2ccc([N+](=O)[O-])cc2)nc2sc3c(c12)CCC3. The van der Waals surface area contributed by atoms with Crippen LogP contribution in [0.5, 0.6) is 0 Å². The summed E-state index contributed by atoms with van der Waals surface area (Å²) in [5.74, 6) is 0.491. The molecule has 1 N–H and O–H groups in total. The molecule has 0 saturated carbocycles. The van der Waals surface area contributed by atoms with E-state index in [0.717, 1.165) is 40.6 Å². The number of nitrogens with one attached hydrogen (secondary N) is 1. The Kier molecular flexibility index (Phi) is 3.50. The molecule has 2 heterocycles. The molecule has 1 aliphatic carbocycles. The average Bonchev–Trinajstić information content (AvgIpc) is 3.13. The second-order valence-electron chi connectivity index (χ2n) is 5.67. The number of nitrogens with zero attached hydrogens (tertiary/aromatic N) is 2. The number of non-ortho nitro benzene ring substituents is 1. The molecule has 0 fully saturated rings. The van der Waals surface area contributed by atoms with Crippen molar-refractivity contribution >= 4 is 39.4 Å². The first-order chi connectivity index (χ1) is 11.6. The van der Waals surface area contributed by atoms with Gasteiger partial charge in [-0.15, -0.1) is 11.3 Å². The Morgan fingerprint density at radius 3 is 2.75 bits per heavy atom. The third kappa shape index (κ3) is 2.52. The fraction of sp³-hybridized carbons (Fsp3) is 0.176. The maximum Gasteiger partial charge on any atom is 0.269 e. The molecule has 0 radical (unpaired) electrons. The molecule has 4 rings (SSSR count). The van der Waals surface area contributed by atoms with Crippen LogP contribution >= 0.6 is 11.3 Å². The lowest BCUT2D eigenvalue weighted by Crippen LogP contribution is -2.09. The van der Waals surface area contributed by atoms with Crippen LogP contribution in [0.25, 0.3) is 22.4 Å². The maximum absolute atomic E-state index is 12.4. The van der Waals surface area contributed by atoms with E-state index in [2.05, 4.69) is 9.97 Å². The lowest BCUT2D eigenvalue weighted by atomic mass is 10.2. The van der Waals surface area contributed by atoms with Crippen LogP contribution in [-0.4, -0.2) is 14.9 Å². The number of rotatable bonds is 3. The summed E-state index contributed by atoms with van der Waals surface area (Å²) >= 11 is 1.60. The van der Waals surface area contributed by atoms with Gasteiger partial charge in [0.05, 0.1) is 10.3 Å². The van der Waals surface area contributed by atoms with E-state index >= 15 is 0 Å². The Balaban J connectivity index is 1.67. The zero-order valence-electron chi connectivity index (χ0n) is 12.6. The van der Waals surface area contributed by atoms with E-state index in [0.29, 0.717) is 5.82 Å². The van der Waals surface area contributed by atoms with E-state index in [9.17, 15) is 14.9 Å². The highest BCUT2D eigenvalue weighted by Crippen LogP contribution is 2.34. The van der Waals surface area contributed by atoms with Gasteiger partial charge >= 0.3 is 0 Å². The molecule has 0 amide bonds. The van der Waals surface area contributed by atoms with Crippen molar-refractivity contribution in [2.45, 2.75) is 19.3 Å². The van der Waals surface area contributed by atoms with Crippen molar-refractivity contribution in [1.82, 2.24) is 9.97 Å². The first kappa shape index (κ1) is 14.8. The van der Waals surface area contributed by atoms with Crippen LogP contribution in [0.3, 0.4) is 0 Å². The predicted molar refractivity (Wildman–Crippen MR) is 94.3 cm³/mol. The number of nitro groups is 1. The van der Waals surface area contributed by atoms with Crippen molar-refractivity contribution in [2.75, 3.05) is 0 Å². The van der Waals surface area contributed by atoms with Gasteiger partial charge in [-0.2, -0.15) is 0 Å². The number of hydrogen-bond donors (Lipinski definition) is 1. The topological polar surface area (TPSA) is 88.9 Å². The van der Waals surface area contributed by atoms with Gasteiger partial charge in [-0.25, -0.2) is 4.98 Å². The highest BCUT2D eigenvalue weighted by molar-refractivity contribution is 7.18. The van der Waals surface area contributed by atoms with Crippen molar-refractivity contribution in [3.63, 3.8) is 0 Å². The fourth-order valence-electron chi connectivity index (χ4n) is 2.98. The molecule has 2 aromatic heterocycles. The average molecular weight is 339 g/mol. The van der Waals surface area contributed by atoms with Crippen molar-refractivity contribution < 1.29 is 4.92 Å². The minimum absolute atomic E-state index is 0.0493. The molecule has 0 unspecified atom stereocenters. The second kappa shape index (κ2) is 5.68. The van der Waals surface area contributed by atoms with E-state index < -0.39 is 4.92 Å². The number of nitro benzene ring substituents is 1. The molecule has 0 atom stereocenters. The van der Waals surface area contributed by atoms with Gasteiger partial charge in [0.15, 0.2) is 0 Å². The van der Waals surface area contributed by atoms with Gasteiger partial charge in [-0.05, 0) is 48.6 Å². The molecular formula is C17H13N3O3S. The van der Waals surface area contributed by atoms with Crippen LogP contribution in [0.15, 0.2) is 29.1 Å². The Bertz CT molecular complexity index is 1030. The van der Waals surface area contributed by atoms with Gasteiger partial charge in [-0.3, -0.25) is 14.9 Å². The molecular weight excluding hydrogens is 326 g/mol. The lowest BCUT2D eigenvalue weighted by Gasteiger charge is -1.97. The third-order valence-corrected chi connectivity index (χ3v) is 5.32. The molecule has 0 bridgehead atoms. The van der Waals surface area contributed by atoms with Gasteiger partial charge in [0.25, 0.3) is 11.2 Å². The molecule has 120 valence electrons. The Morgan fingerprint density at radius 2 is 2.00 bits per heavy atom. The van der Waals surface area contributed by atoms with Crippen molar-refractivity contribution in [3.05, 3.63) is 66.6 Å². The first-order valence-corrected chi connectivity index (χ1v) is 8.40. The molecule has 1 aromatic carbocycles. The molecule has 7 heteroatoms. The summed E-state index contributed by atoms with van der Waals surface area (Å²) in [5.41, 5.74) is 1.92. The molecule has 1 aliphatic rings. The van der Waals surface area contributed by atoms with Crippen LogP contribution in [0.4, 0.5) is 5.69 Å². The normalized spacial score (nSPS) is 13.7. The smallest absolute Gasteiger partial charge is 0.269 e. The van der Waals surface area contributed by atoms with Gasteiger partial charge in [-0.1, -0.05) is 6.08 Å². The Morgan fingerprint density at radius 1 is 1.21 bits per heavy atom. The molecule has 3 aromatic rings. The number of thiophene rings is 1. The van der Waals surface area contributed by atoms with E-state index in [1.54, 1.807) is 35.6 Å². The summed E-state index contributed by atoms with van der Waals surface area (Å²) in [5, 5.41) is 11.4. The van der Waals surface area contributed by atoms with Gasteiger partial charge < -0.3 is 4.98 Å². The molecule has 24 heavy (non-hydrogen) atoms. The number of benzene rings is 1. The highest BCUT2D eigenvalue weighted by atomic mass is 32.1. The molecule has 6 nitrogen and oxygen atoms in total. The summed E-state index contributed by atoms with van der Waals surface area (Å²) in [4.78, 5) is 32.0. The summed E-state index contributed by atoms with van der Waals surface area (Å²) in [6.45, 7) is 0. The van der Waals surface area contributed by atoms with Gasteiger partial charge in [0.2, 0.25) is 0 Å². The van der Waals surface area contributed by atoms with E-state index in [-0.39, 0.29) is 11.2 Å². The second-order valence-corrected chi connectivity index (χ2v) is 6.75. The quantitative estimate of drug-likeness (QED) is 0.584. The van der Waals surface area contributed by atoms with Crippen molar-refractivity contribution in [1.29, 1.82) is 0 Å². The molecule has 0 aliphatic heterocycles. The predicted octanol–water partition coefficient (Wildman–Crippen LogP) is 3.55. The van der Waals surface area contributed by atoms with E-state index in [4.69, 9.17) is 0 Å². The molecule has 0 saturated heterocycles. The third-order valence-electron chi connectivity index (χ3n) is 4.13. The van der Waals surface area contributed by atoms with Crippen molar-refractivity contribution in [3.8, 4) is 0 Å². The summed E-state index contributed by atoms with van der Waals surface area (Å²) in [7, 11) is 0. The summed E-state index contributed by atoms with van der Waals surface area (Å²) < 4.78 is 0. The van der Waals surface area contributed by atoms with Gasteiger partial charge in [0.1, 0.15) is 10.7 Å². The Hall–Kier alpha value is -2.80. The number of H-pyrrole nitrogens is 1. The van der Waals surface area contributed by atoms with Gasteiger partial charge in [0, 0.05) is 17.0 Å². The van der Waals surface area contributed by atoms with Crippen LogP contribution in [0.1, 0.15) is 28.2 Å². The first-order valence-electron chi connectivity index (χ1n) is 7.59.